The van der Waals surface area contributed by atoms with E-state index in [1.807, 2.05) is 19.9 Å². The maximum Gasteiger partial charge on any atom is 0.251 e. The highest BCUT2D eigenvalue weighted by Crippen LogP contribution is 2.31. The van der Waals surface area contributed by atoms with Crippen molar-refractivity contribution in [3.8, 4) is 0 Å². The number of benzene rings is 1. The number of allylic oxidation sites excluding steroid dienone is 2. The zero-order valence-corrected chi connectivity index (χ0v) is 20.8. The van der Waals surface area contributed by atoms with E-state index in [1.165, 1.54) is 0 Å². The molecule has 0 radical (unpaired) electrons. The number of anilines is 1. The summed E-state index contributed by atoms with van der Waals surface area (Å²) in [6, 6.07) is 4.30. The Bertz CT molecular complexity index is 752. The number of rotatable bonds is 10. The van der Waals surface area contributed by atoms with Gasteiger partial charge in [-0.3, -0.25) is 4.79 Å². The smallest absolute Gasteiger partial charge is 0.251 e. The van der Waals surface area contributed by atoms with Crippen molar-refractivity contribution in [2.45, 2.75) is 65.8 Å². The molecular weight excluding hydrogens is 408 g/mol. The molecule has 1 atom stereocenters. The predicted molar refractivity (Wildman–Crippen MR) is 133 cm³/mol. The van der Waals surface area contributed by atoms with Gasteiger partial charge in [-0.2, -0.15) is 0 Å². The van der Waals surface area contributed by atoms with Crippen LogP contribution < -0.4 is 16.0 Å². The third-order valence-corrected chi connectivity index (χ3v) is 6.61. The fraction of sp³-hybridized carbons (Fsp3) is 0.640. The van der Waals surface area contributed by atoms with Gasteiger partial charge in [0.2, 0.25) is 0 Å². The van der Waals surface area contributed by atoms with Crippen LogP contribution in [0.25, 0.3) is 0 Å². The lowest BCUT2D eigenvalue weighted by atomic mass is 9.98. The standard InChI is InChI=1S/C25H41ClN4O/c1-6-8-20(10-9-18(3)27)17-28-25(31)23-15-21(26)16-24(19(23)4)30(7-2)22-11-13-29(5)14-12-22/h9,15-16,20,22H,6-8,10-14,17,27H2,1-5H3,(H,28,31)/b18-9-. The second kappa shape index (κ2) is 12.4. The first-order valence-electron chi connectivity index (χ1n) is 11.7. The largest absolute Gasteiger partial charge is 0.403 e. The van der Waals surface area contributed by atoms with Gasteiger partial charge in [0.15, 0.2) is 0 Å². The van der Waals surface area contributed by atoms with E-state index in [-0.39, 0.29) is 5.91 Å². The van der Waals surface area contributed by atoms with E-state index in [4.69, 9.17) is 17.3 Å². The molecule has 1 fully saturated rings. The first-order chi connectivity index (χ1) is 14.8. The summed E-state index contributed by atoms with van der Waals surface area (Å²) in [4.78, 5) is 17.9. The van der Waals surface area contributed by atoms with Crippen molar-refractivity contribution in [1.29, 1.82) is 0 Å². The molecule has 3 N–H and O–H groups in total. The molecule has 0 saturated carbocycles. The quantitative estimate of drug-likeness (QED) is 0.530. The van der Waals surface area contributed by atoms with E-state index in [1.54, 1.807) is 6.07 Å². The summed E-state index contributed by atoms with van der Waals surface area (Å²) >= 11 is 6.49. The summed E-state index contributed by atoms with van der Waals surface area (Å²) in [6.45, 7) is 12.0. The van der Waals surface area contributed by atoms with Gasteiger partial charge in [0.25, 0.3) is 5.91 Å². The SMILES string of the molecule is CCCC(C/C=C(/C)N)CNC(=O)c1cc(Cl)cc(N(CC)C2CCN(C)CC2)c1C. The number of hydrogen-bond acceptors (Lipinski definition) is 4. The van der Waals surface area contributed by atoms with E-state index >= 15 is 0 Å². The number of carbonyl (C=O) groups is 1. The Balaban J connectivity index is 2.18. The molecular formula is C25H41ClN4O. The third-order valence-electron chi connectivity index (χ3n) is 6.39. The molecule has 1 aromatic carbocycles. The lowest BCUT2D eigenvalue weighted by Gasteiger charge is -2.39. The third kappa shape index (κ3) is 7.43. The van der Waals surface area contributed by atoms with Crippen molar-refractivity contribution in [2.75, 3.05) is 38.1 Å². The molecule has 1 aromatic rings. The van der Waals surface area contributed by atoms with Crippen LogP contribution in [0.3, 0.4) is 0 Å². The van der Waals surface area contributed by atoms with E-state index < -0.39 is 0 Å². The van der Waals surface area contributed by atoms with Gasteiger partial charge in [0, 0.05) is 41.1 Å². The predicted octanol–water partition coefficient (Wildman–Crippen LogP) is 4.97. The number of halogens is 1. The minimum atomic E-state index is -0.0461. The number of carbonyl (C=O) groups excluding carboxylic acids is 1. The van der Waals surface area contributed by atoms with Crippen LogP contribution in [-0.4, -0.2) is 50.1 Å². The molecule has 0 aromatic heterocycles. The van der Waals surface area contributed by atoms with Crippen molar-refractivity contribution in [2.24, 2.45) is 11.7 Å². The lowest BCUT2D eigenvalue weighted by molar-refractivity contribution is 0.0945. The van der Waals surface area contributed by atoms with Crippen molar-refractivity contribution >= 4 is 23.2 Å². The summed E-state index contributed by atoms with van der Waals surface area (Å²) in [5, 5.41) is 3.77. The molecule has 1 unspecified atom stereocenters. The van der Waals surface area contributed by atoms with Gasteiger partial charge < -0.3 is 20.9 Å². The Labute approximate surface area is 194 Å². The molecule has 174 valence electrons. The Morgan fingerprint density at radius 1 is 1.35 bits per heavy atom. The fourth-order valence-electron chi connectivity index (χ4n) is 4.53. The molecule has 6 heteroatoms. The maximum atomic E-state index is 13.1. The molecule has 5 nitrogen and oxygen atoms in total. The Hall–Kier alpha value is -1.72. The molecule has 2 rings (SSSR count). The van der Waals surface area contributed by atoms with Crippen molar-refractivity contribution in [3.63, 3.8) is 0 Å². The van der Waals surface area contributed by atoms with Gasteiger partial charge in [-0.1, -0.05) is 31.0 Å². The van der Waals surface area contributed by atoms with Crippen LogP contribution in [0.2, 0.25) is 5.02 Å². The first kappa shape index (κ1) is 25.5. The lowest BCUT2D eigenvalue weighted by Crippen LogP contribution is -2.44. The van der Waals surface area contributed by atoms with E-state index in [2.05, 4.69) is 42.1 Å². The molecule has 0 bridgehead atoms. The summed E-state index contributed by atoms with van der Waals surface area (Å²) in [5.74, 6) is 0.341. The molecule has 31 heavy (non-hydrogen) atoms. The topological polar surface area (TPSA) is 61.6 Å². The summed E-state index contributed by atoms with van der Waals surface area (Å²) in [5.41, 5.74) is 9.40. The second-order valence-corrected chi connectivity index (χ2v) is 9.40. The highest BCUT2D eigenvalue weighted by molar-refractivity contribution is 6.31. The zero-order valence-electron chi connectivity index (χ0n) is 20.0. The molecule has 0 aliphatic carbocycles. The average Bonchev–Trinajstić information content (AvgIpc) is 2.73. The van der Waals surface area contributed by atoms with Crippen molar-refractivity contribution < 1.29 is 4.79 Å². The summed E-state index contributed by atoms with van der Waals surface area (Å²) in [6.07, 6.45) is 7.34. The van der Waals surface area contributed by atoms with Gasteiger partial charge in [-0.15, -0.1) is 0 Å². The van der Waals surface area contributed by atoms with Crippen LogP contribution in [0.15, 0.2) is 23.9 Å². The Morgan fingerprint density at radius 3 is 2.61 bits per heavy atom. The van der Waals surface area contributed by atoms with Gasteiger partial charge in [0.1, 0.15) is 0 Å². The monoisotopic (exact) mass is 448 g/mol. The number of amides is 1. The Morgan fingerprint density at radius 2 is 2.03 bits per heavy atom. The van der Waals surface area contributed by atoms with Crippen LogP contribution in [0, 0.1) is 12.8 Å². The number of nitrogens with zero attached hydrogens (tertiary/aromatic N) is 2. The van der Waals surface area contributed by atoms with Gasteiger partial charge in [-0.05, 0) is 90.2 Å². The van der Waals surface area contributed by atoms with E-state index in [0.29, 0.717) is 29.1 Å². The second-order valence-electron chi connectivity index (χ2n) is 8.97. The van der Waals surface area contributed by atoms with E-state index in [9.17, 15) is 4.79 Å². The van der Waals surface area contributed by atoms with Crippen molar-refractivity contribution in [1.82, 2.24) is 10.2 Å². The number of nitrogens with one attached hydrogen (secondary N) is 1. The van der Waals surface area contributed by atoms with E-state index in [0.717, 1.165) is 68.7 Å². The number of likely N-dealkylation sites (tertiary alicyclic amines) is 1. The minimum Gasteiger partial charge on any atom is -0.403 e. The average molecular weight is 449 g/mol. The first-order valence-corrected chi connectivity index (χ1v) is 12.1. The van der Waals surface area contributed by atoms with Gasteiger partial charge in [0.05, 0.1) is 0 Å². The van der Waals surface area contributed by atoms with Crippen LogP contribution >= 0.6 is 11.6 Å². The minimum absolute atomic E-state index is 0.0461. The highest BCUT2D eigenvalue weighted by atomic mass is 35.5. The fourth-order valence-corrected chi connectivity index (χ4v) is 4.74. The number of piperidine rings is 1. The van der Waals surface area contributed by atoms with Crippen LogP contribution in [-0.2, 0) is 0 Å². The molecule has 1 heterocycles. The molecule has 1 saturated heterocycles. The molecule has 0 spiro atoms. The van der Waals surface area contributed by atoms with Gasteiger partial charge in [-0.25, -0.2) is 0 Å². The van der Waals surface area contributed by atoms with Crippen molar-refractivity contribution in [3.05, 3.63) is 40.1 Å². The molecule has 1 aliphatic heterocycles. The summed E-state index contributed by atoms with van der Waals surface area (Å²) < 4.78 is 0. The number of nitrogens with two attached hydrogens (primary N) is 1. The van der Waals surface area contributed by atoms with Crippen LogP contribution in [0.5, 0.6) is 0 Å². The summed E-state index contributed by atoms with van der Waals surface area (Å²) in [7, 11) is 2.18. The molecule has 1 amide bonds. The van der Waals surface area contributed by atoms with Crippen LogP contribution in [0.4, 0.5) is 5.69 Å². The zero-order chi connectivity index (χ0) is 23.0. The Kier molecular flexibility index (Phi) is 10.2. The van der Waals surface area contributed by atoms with Crippen LogP contribution in [0.1, 0.15) is 68.8 Å². The molecule has 1 aliphatic rings. The van der Waals surface area contributed by atoms with Gasteiger partial charge >= 0.3 is 0 Å². The maximum absolute atomic E-state index is 13.1. The highest BCUT2D eigenvalue weighted by Gasteiger charge is 2.25. The number of hydrogen-bond donors (Lipinski definition) is 2. The normalized spacial score (nSPS) is 16.9.